The standard InChI is InChI=1S/C15H19OPS/c16-14-10-11-17(18,12-6-2-1-3-7-12)15-9-5-4-8-13(14)15/h1-3,6-7,13,15H,4-5,8-11H2. The van der Waals surface area contributed by atoms with E-state index in [1.807, 2.05) is 0 Å². The first-order valence-corrected chi connectivity index (χ1v) is 9.94. The maximum Gasteiger partial charge on any atom is 0.137 e. The summed E-state index contributed by atoms with van der Waals surface area (Å²) in [6.45, 7) is 0. The van der Waals surface area contributed by atoms with Crippen LogP contribution in [-0.4, -0.2) is 17.6 Å². The molecular weight excluding hydrogens is 259 g/mol. The number of carbonyl (C=O) groups is 1. The second-order valence-electron chi connectivity index (χ2n) is 5.53. The minimum absolute atomic E-state index is 0.290. The summed E-state index contributed by atoms with van der Waals surface area (Å²) in [5.41, 5.74) is 0.505. The van der Waals surface area contributed by atoms with Gasteiger partial charge < -0.3 is 0 Å². The lowest BCUT2D eigenvalue weighted by Crippen LogP contribution is -2.39. The largest absolute Gasteiger partial charge is 0.299 e. The molecule has 0 aromatic heterocycles. The second-order valence-corrected chi connectivity index (χ2v) is 10.7. The van der Waals surface area contributed by atoms with Crippen LogP contribution in [0, 0.1) is 5.92 Å². The Balaban J connectivity index is 2.01. The Morgan fingerprint density at radius 2 is 1.83 bits per heavy atom. The van der Waals surface area contributed by atoms with E-state index in [0.717, 1.165) is 19.0 Å². The fraction of sp³-hybridized carbons (Fsp3) is 0.533. The SMILES string of the molecule is O=C1CCP(=S)(c2ccccc2)C2CCCCC12. The van der Waals surface area contributed by atoms with E-state index in [4.69, 9.17) is 11.8 Å². The Labute approximate surface area is 114 Å². The van der Waals surface area contributed by atoms with E-state index >= 15 is 0 Å². The third-order valence-electron chi connectivity index (χ3n) is 4.56. The Bertz CT molecular complexity index is 496. The fourth-order valence-electron chi connectivity index (χ4n) is 3.61. The maximum absolute atomic E-state index is 12.1. The quantitative estimate of drug-likeness (QED) is 0.733. The number of carbonyl (C=O) groups excluding carboxylic acids is 1. The molecule has 0 radical (unpaired) electrons. The highest BCUT2D eigenvalue weighted by atomic mass is 32.4. The van der Waals surface area contributed by atoms with Crippen molar-refractivity contribution in [3.05, 3.63) is 30.3 Å². The van der Waals surface area contributed by atoms with E-state index in [2.05, 4.69) is 30.3 Å². The van der Waals surface area contributed by atoms with Crippen molar-refractivity contribution in [2.45, 2.75) is 37.8 Å². The van der Waals surface area contributed by atoms with Crippen LogP contribution < -0.4 is 5.30 Å². The van der Waals surface area contributed by atoms with Crippen molar-refractivity contribution < 1.29 is 4.79 Å². The average Bonchev–Trinajstić information content (AvgIpc) is 2.44. The van der Waals surface area contributed by atoms with Crippen molar-refractivity contribution in [1.29, 1.82) is 0 Å². The topological polar surface area (TPSA) is 17.1 Å². The highest BCUT2D eigenvalue weighted by Crippen LogP contribution is 2.60. The summed E-state index contributed by atoms with van der Waals surface area (Å²) in [4.78, 5) is 12.1. The Hall–Kier alpha value is -0.460. The highest BCUT2D eigenvalue weighted by Gasteiger charge is 2.44. The fourth-order valence-corrected chi connectivity index (χ4v) is 8.71. The van der Waals surface area contributed by atoms with Gasteiger partial charge in [0.1, 0.15) is 5.78 Å². The van der Waals surface area contributed by atoms with Crippen LogP contribution in [0.1, 0.15) is 32.1 Å². The molecule has 1 aromatic rings. The predicted octanol–water partition coefficient (Wildman–Crippen LogP) is 3.32. The molecule has 0 amide bonds. The number of benzene rings is 1. The van der Waals surface area contributed by atoms with E-state index in [1.165, 1.54) is 24.6 Å². The molecular formula is C15H19OPS. The van der Waals surface area contributed by atoms with Crippen molar-refractivity contribution in [3.8, 4) is 0 Å². The van der Waals surface area contributed by atoms with E-state index in [-0.39, 0.29) is 0 Å². The van der Waals surface area contributed by atoms with Crippen molar-refractivity contribution in [3.63, 3.8) is 0 Å². The van der Waals surface area contributed by atoms with Gasteiger partial charge in [0.2, 0.25) is 0 Å². The van der Waals surface area contributed by atoms with Gasteiger partial charge >= 0.3 is 0 Å². The molecule has 3 unspecified atom stereocenters. The molecule has 96 valence electrons. The first kappa shape index (κ1) is 12.6. The van der Waals surface area contributed by atoms with E-state index in [1.54, 1.807) is 0 Å². The molecule has 3 atom stereocenters. The molecule has 3 heteroatoms. The normalized spacial score (nSPS) is 36.1. The van der Waals surface area contributed by atoms with Crippen LogP contribution in [0.2, 0.25) is 0 Å². The summed E-state index contributed by atoms with van der Waals surface area (Å²) in [5, 5.41) is 1.37. The van der Waals surface area contributed by atoms with Crippen molar-refractivity contribution in [2.75, 3.05) is 6.16 Å². The van der Waals surface area contributed by atoms with Crippen LogP contribution in [0.5, 0.6) is 0 Å². The molecule has 2 fully saturated rings. The Kier molecular flexibility index (Phi) is 3.42. The second kappa shape index (κ2) is 4.90. The van der Waals surface area contributed by atoms with Crippen LogP contribution >= 0.6 is 6.04 Å². The number of rotatable bonds is 1. The van der Waals surface area contributed by atoms with Gasteiger partial charge in [-0.1, -0.05) is 55.0 Å². The van der Waals surface area contributed by atoms with Gasteiger partial charge in [0, 0.05) is 18.0 Å². The minimum Gasteiger partial charge on any atom is -0.299 e. The van der Waals surface area contributed by atoms with E-state index in [9.17, 15) is 4.79 Å². The number of hydrogen-bond acceptors (Lipinski definition) is 2. The monoisotopic (exact) mass is 278 g/mol. The molecule has 1 saturated heterocycles. The first-order chi connectivity index (χ1) is 8.72. The molecule has 0 bridgehead atoms. The summed E-state index contributed by atoms with van der Waals surface area (Å²) in [6, 6.07) is 9.11. The van der Waals surface area contributed by atoms with E-state index in [0.29, 0.717) is 17.4 Å². The predicted molar refractivity (Wildman–Crippen MR) is 80.6 cm³/mol. The van der Waals surface area contributed by atoms with Crippen LogP contribution in [0.4, 0.5) is 0 Å². The number of ketones is 1. The van der Waals surface area contributed by atoms with Crippen LogP contribution in [0.15, 0.2) is 30.3 Å². The Morgan fingerprint density at radius 1 is 1.11 bits per heavy atom. The van der Waals surface area contributed by atoms with Gasteiger partial charge in [0.15, 0.2) is 0 Å². The van der Waals surface area contributed by atoms with Gasteiger partial charge in [-0.05, 0) is 30.3 Å². The molecule has 2 aliphatic rings. The number of hydrogen-bond donors (Lipinski definition) is 0. The molecule has 1 aromatic carbocycles. The zero-order valence-electron chi connectivity index (χ0n) is 10.5. The van der Waals surface area contributed by atoms with Gasteiger partial charge in [-0.3, -0.25) is 4.79 Å². The number of Topliss-reactive ketones (excluding diaryl/α,β-unsaturated/α-hetero) is 1. The lowest BCUT2D eigenvalue weighted by Gasteiger charge is -2.43. The lowest BCUT2D eigenvalue weighted by atomic mass is 9.84. The minimum atomic E-state index is -1.52. The molecule has 1 saturated carbocycles. The van der Waals surface area contributed by atoms with Crippen molar-refractivity contribution >= 4 is 28.9 Å². The van der Waals surface area contributed by atoms with Gasteiger partial charge in [-0.2, -0.15) is 0 Å². The lowest BCUT2D eigenvalue weighted by molar-refractivity contribution is -0.123. The summed E-state index contributed by atoms with van der Waals surface area (Å²) < 4.78 is 0. The summed E-state index contributed by atoms with van der Waals surface area (Å²) in [7, 11) is 0. The molecule has 3 rings (SSSR count). The average molecular weight is 278 g/mol. The molecule has 1 nitrogen and oxygen atoms in total. The summed E-state index contributed by atoms with van der Waals surface area (Å²) >= 11 is 6.13. The summed E-state index contributed by atoms with van der Waals surface area (Å²) in [5.74, 6) is 0.787. The zero-order valence-corrected chi connectivity index (χ0v) is 12.3. The van der Waals surface area contributed by atoms with Crippen LogP contribution in [-0.2, 0) is 16.6 Å². The smallest absolute Gasteiger partial charge is 0.137 e. The van der Waals surface area contributed by atoms with Crippen molar-refractivity contribution in [1.82, 2.24) is 0 Å². The van der Waals surface area contributed by atoms with Gasteiger partial charge in [-0.25, -0.2) is 0 Å². The maximum atomic E-state index is 12.1. The van der Waals surface area contributed by atoms with Crippen molar-refractivity contribution in [2.24, 2.45) is 5.92 Å². The van der Waals surface area contributed by atoms with Gasteiger partial charge in [-0.15, -0.1) is 0 Å². The van der Waals surface area contributed by atoms with Crippen LogP contribution in [0.25, 0.3) is 0 Å². The third kappa shape index (κ3) is 2.00. The molecule has 0 spiro atoms. The first-order valence-electron chi connectivity index (χ1n) is 6.89. The third-order valence-corrected chi connectivity index (χ3v) is 10.3. The molecule has 0 N–H and O–H groups in total. The molecule has 1 aliphatic heterocycles. The highest BCUT2D eigenvalue weighted by molar-refractivity contribution is 8.18. The summed E-state index contributed by atoms with van der Waals surface area (Å²) in [6.07, 6.45) is 6.45. The zero-order chi connectivity index (χ0) is 12.6. The molecule has 1 heterocycles. The van der Waals surface area contributed by atoms with Gasteiger partial charge in [0.25, 0.3) is 0 Å². The Morgan fingerprint density at radius 3 is 2.61 bits per heavy atom. The molecule has 18 heavy (non-hydrogen) atoms. The van der Waals surface area contributed by atoms with E-state index < -0.39 is 6.04 Å². The molecule has 1 aliphatic carbocycles. The van der Waals surface area contributed by atoms with Crippen LogP contribution in [0.3, 0.4) is 0 Å². The van der Waals surface area contributed by atoms with Gasteiger partial charge in [0.05, 0.1) is 0 Å². The number of fused-ring (bicyclic) bond motifs is 1.